The zero-order valence-corrected chi connectivity index (χ0v) is 17.0. The number of halogens is 4. The maximum atomic E-state index is 13.2. The normalized spacial score (nSPS) is 11.5. The number of aryl methyl sites for hydroxylation is 2. The number of nitrogens with zero attached hydrogens (tertiary/aromatic N) is 3. The number of para-hydroxylation sites is 1. The molecule has 0 aliphatic heterocycles. The lowest BCUT2D eigenvalue weighted by Crippen LogP contribution is -2.18. The number of carbonyl (C=O) groups excluding carboxylic acids is 1. The van der Waals surface area contributed by atoms with E-state index in [-0.39, 0.29) is 10.8 Å². The third kappa shape index (κ3) is 4.91. The first-order valence-corrected chi connectivity index (χ1v) is 9.80. The molecule has 1 N–H and O–H groups in total. The van der Waals surface area contributed by atoms with Crippen LogP contribution in [0.3, 0.4) is 0 Å². The van der Waals surface area contributed by atoms with Gasteiger partial charge in [-0.15, -0.1) is 10.2 Å². The van der Waals surface area contributed by atoms with Crippen molar-refractivity contribution in [2.75, 3.05) is 11.1 Å². The van der Waals surface area contributed by atoms with Crippen LogP contribution in [0.25, 0.3) is 5.69 Å². The summed E-state index contributed by atoms with van der Waals surface area (Å²) in [4.78, 5) is 12.3. The van der Waals surface area contributed by atoms with Gasteiger partial charge in [-0.2, -0.15) is 13.2 Å². The third-order valence-electron chi connectivity index (χ3n) is 3.97. The molecule has 0 unspecified atom stereocenters. The number of thioether (sulfide) groups is 1. The second-order valence-electron chi connectivity index (χ2n) is 6.20. The van der Waals surface area contributed by atoms with Crippen LogP contribution in [0.4, 0.5) is 18.9 Å². The summed E-state index contributed by atoms with van der Waals surface area (Å²) < 4.78 is 41.3. The predicted molar refractivity (Wildman–Crippen MR) is 107 cm³/mol. The second kappa shape index (κ2) is 8.46. The Morgan fingerprint density at radius 3 is 2.59 bits per heavy atom. The van der Waals surface area contributed by atoms with E-state index < -0.39 is 23.3 Å². The lowest BCUT2D eigenvalue weighted by atomic mass is 10.1. The highest BCUT2D eigenvalue weighted by Gasteiger charge is 2.34. The molecule has 10 heteroatoms. The fraction of sp³-hybridized carbons (Fsp3) is 0.211. The summed E-state index contributed by atoms with van der Waals surface area (Å²) in [6.07, 6.45) is -4.64. The zero-order valence-electron chi connectivity index (χ0n) is 15.4. The van der Waals surface area contributed by atoms with Crippen molar-refractivity contribution in [2.24, 2.45) is 0 Å². The topological polar surface area (TPSA) is 59.8 Å². The second-order valence-corrected chi connectivity index (χ2v) is 7.55. The van der Waals surface area contributed by atoms with Gasteiger partial charge in [0.2, 0.25) is 5.91 Å². The van der Waals surface area contributed by atoms with Crippen LogP contribution in [-0.4, -0.2) is 26.4 Å². The molecule has 3 aromatic rings. The minimum atomic E-state index is -4.64. The number of nitrogens with one attached hydrogen (secondary N) is 1. The highest BCUT2D eigenvalue weighted by atomic mass is 35.5. The Balaban J connectivity index is 1.77. The van der Waals surface area contributed by atoms with Gasteiger partial charge in [-0.05, 0) is 43.7 Å². The van der Waals surface area contributed by atoms with Gasteiger partial charge in [0, 0.05) is 5.69 Å². The number of alkyl halides is 3. The number of rotatable bonds is 5. The van der Waals surface area contributed by atoms with E-state index in [0.717, 1.165) is 29.1 Å². The van der Waals surface area contributed by atoms with Crippen LogP contribution >= 0.6 is 23.4 Å². The maximum absolute atomic E-state index is 13.2. The number of amides is 1. The Kier molecular flexibility index (Phi) is 6.18. The molecular formula is C19H16ClF3N4OS. The standard InChI is InChI=1S/C19H16ClF3N4OS/c1-11-5-3-6-13(9-11)27-12(2)25-26-18(27)29-10-16(28)24-17-14(19(21,22)23)7-4-8-15(17)20/h3-9H,10H2,1-2H3,(H,24,28). The van der Waals surface area contributed by atoms with E-state index in [1.807, 2.05) is 31.2 Å². The highest BCUT2D eigenvalue weighted by molar-refractivity contribution is 7.99. The number of carbonyl (C=O) groups is 1. The number of aromatic nitrogens is 3. The third-order valence-corrected chi connectivity index (χ3v) is 5.21. The van der Waals surface area contributed by atoms with Crippen LogP contribution in [0.2, 0.25) is 5.02 Å². The molecule has 0 aliphatic rings. The molecule has 29 heavy (non-hydrogen) atoms. The van der Waals surface area contributed by atoms with Crippen molar-refractivity contribution in [2.45, 2.75) is 25.2 Å². The van der Waals surface area contributed by atoms with Crippen molar-refractivity contribution in [3.63, 3.8) is 0 Å². The molecule has 3 rings (SSSR count). The SMILES string of the molecule is Cc1cccc(-n2c(C)nnc2SCC(=O)Nc2c(Cl)cccc2C(F)(F)F)c1. The quantitative estimate of drug-likeness (QED) is 0.548. The summed E-state index contributed by atoms with van der Waals surface area (Å²) in [5.41, 5.74) is 0.425. The summed E-state index contributed by atoms with van der Waals surface area (Å²) in [6, 6.07) is 11.0. The van der Waals surface area contributed by atoms with Gasteiger partial charge in [0.25, 0.3) is 0 Å². The van der Waals surface area contributed by atoms with Crippen molar-refractivity contribution in [1.29, 1.82) is 0 Å². The average molecular weight is 441 g/mol. The van der Waals surface area contributed by atoms with Gasteiger partial charge >= 0.3 is 6.18 Å². The van der Waals surface area contributed by atoms with Gasteiger partial charge in [0.1, 0.15) is 5.82 Å². The first kappa shape index (κ1) is 21.2. The molecule has 5 nitrogen and oxygen atoms in total. The van der Waals surface area contributed by atoms with Gasteiger partial charge in [-0.1, -0.05) is 41.6 Å². The van der Waals surface area contributed by atoms with Crippen LogP contribution in [0.15, 0.2) is 47.6 Å². The summed E-state index contributed by atoms with van der Waals surface area (Å²) >= 11 is 6.94. The van der Waals surface area contributed by atoms with E-state index in [9.17, 15) is 18.0 Å². The molecule has 0 aliphatic carbocycles. The molecule has 0 bridgehead atoms. The number of anilines is 1. The van der Waals surface area contributed by atoms with E-state index in [0.29, 0.717) is 11.0 Å². The minimum absolute atomic E-state index is 0.160. The molecule has 1 heterocycles. The molecule has 152 valence electrons. The molecule has 0 atom stereocenters. The lowest BCUT2D eigenvalue weighted by Gasteiger charge is -2.15. The molecule has 1 aromatic heterocycles. The number of benzene rings is 2. The van der Waals surface area contributed by atoms with E-state index in [1.54, 1.807) is 11.5 Å². The minimum Gasteiger partial charge on any atom is -0.324 e. The predicted octanol–water partition coefficient (Wildman–Crippen LogP) is 5.29. The van der Waals surface area contributed by atoms with Crippen LogP contribution in [-0.2, 0) is 11.0 Å². The first-order chi connectivity index (χ1) is 13.7. The van der Waals surface area contributed by atoms with Gasteiger partial charge in [0.15, 0.2) is 5.16 Å². The number of hydrogen-bond donors (Lipinski definition) is 1. The Hall–Kier alpha value is -2.52. The summed E-state index contributed by atoms with van der Waals surface area (Å²) in [5.74, 6) is -0.166. The van der Waals surface area contributed by atoms with Crippen LogP contribution < -0.4 is 5.32 Å². The monoisotopic (exact) mass is 440 g/mol. The van der Waals surface area contributed by atoms with Crippen LogP contribution in [0.5, 0.6) is 0 Å². The maximum Gasteiger partial charge on any atom is 0.418 e. The Bertz CT molecular complexity index is 1050. The highest BCUT2D eigenvalue weighted by Crippen LogP contribution is 2.38. The summed E-state index contributed by atoms with van der Waals surface area (Å²) in [7, 11) is 0. The average Bonchev–Trinajstić information content (AvgIpc) is 3.01. The molecule has 0 fully saturated rings. The van der Waals surface area contributed by atoms with Crippen molar-refractivity contribution < 1.29 is 18.0 Å². The van der Waals surface area contributed by atoms with Gasteiger partial charge in [-0.3, -0.25) is 9.36 Å². The van der Waals surface area contributed by atoms with Crippen molar-refractivity contribution in [1.82, 2.24) is 14.8 Å². The van der Waals surface area contributed by atoms with Gasteiger partial charge < -0.3 is 5.32 Å². The van der Waals surface area contributed by atoms with Crippen molar-refractivity contribution >= 4 is 35.0 Å². The van der Waals surface area contributed by atoms with Crippen molar-refractivity contribution in [3.05, 3.63) is 64.4 Å². The summed E-state index contributed by atoms with van der Waals surface area (Å²) in [5, 5.41) is 10.6. The fourth-order valence-corrected chi connectivity index (χ4v) is 3.71. The largest absolute Gasteiger partial charge is 0.418 e. The van der Waals surface area contributed by atoms with Crippen LogP contribution in [0, 0.1) is 13.8 Å². The van der Waals surface area contributed by atoms with E-state index in [4.69, 9.17) is 11.6 Å². The molecule has 0 spiro atoms. The molecule has 0 saturated carbocycles. The fourth-order valence-electron chi connectivity index (χ4n) is 2.69. The zero-order chi connectivity index (χ0) is 21.2. The van der Waals surface area contributed by atoms with E-state index in [2.05, 4.69) is 15.5 Å². The molecule has 0 radical (unpaired) electrons. The molecular weight excluding hydrogens is 425 g/mol. The van der Waals surface area contributed by atoms with E-state index >= 15 is 0 Å². The van der Waals surface area contributed by atoms with Gasteiger partial charge in [-0.25, -0.2) is 0 Å². The molecule has 1 amide bonds. The Morgan fingerprint density at radius 1 is 1.17 bits per heavy atom. The smallest absolute Gasteiger partial charge is 0.324 e. The Morgan fingerprint density at radius 2 is 1.90 bits per heavy atom. The first-order valence-electron chi connectivity index (χ1n) is 8.44. The summed E-state index contributed by atoms with van der Waals surface area (Å²) in [6.45, 7) is 3.73. The van der Waals surface area contributed by atoms with E-state index in [1.165, 1.54) is 12.1 Å². The molecule has 2 aromatic carbocycles. The van der Waals surface area contributed by atoms with Gasteiger partial charge in [0.05, 0.1) is 22.0 Å². The Labute approximate surface area is 174 Å². The number of hydrogen-bond acceptors (Lipinski definition) is 4. The molecule has 0 saturated heterocycles. The van der Waals surface area contributed by atoms with Crippen molar-refractivity contribution in [3.8, 4) is 5.69 Å². The lowest BCUT2D eigenvalue weighted by molar-refractivity contribution is -0.137. The van der Waals surface area contributed by atoms with Crippen LogP contribution in [0.1, 0.15) is 17.0 Å².